The number of rotatable bonds is 4. The Morgan fingerprint density at radius 1 is 1.41 bits per heavy atom. The monoisotopic (exact) mass is 315 g/mol. The number of aromatic nitrogens is 1. The topological polar surface area (TPSA) is 22.1 Å². The summed E-state index contributed by atoms with van der Waals surface area (Å²) in [4.78, 5) is 4.28. The van der Waals surface area contributed by atoms with Crippen molar-refractivity contribution < 1.29 is 9.13 Å². The van der Waals surface area contributed by atoms with Gasteiger partial charge in [0.15, 0.2) is 0 Å². The Morgan fingerprint density at radius 3 is 2.88 bits per heavy atom. The number of alkyl halides is 1. The van der Waals surface area contributed by atoms with Crippen LogP contribution in [-0.4, -0.2) is 4.98 Å². The second kappa shape index (κ2) is 5.60. The van der Waals surface area contributed by atoms with Gasteiger partial charge in [-0.25, -0.2) is 9.37 Å². The van der Waals surface area contributed by atoms with E-state index < -0.39 is 0 Å². The molecule has 2 rings (SSSR count). The van der Waals surface area contributed by atoms with Crippen LogP contribution in [0, 0.1) is 12.7 Å². The summed E-state index contributed by atoms with van der Waals surface area (Å²) in [6.45, 7) is 2.31. The predicted molar refractivity (Wildman–Crippen MR) is 70.2 cm³/mol. The molecule has 0 amide bonds. The van der Waals surface area contributed by atoms with Gasteiger partial charge in [-0.05, 0) is 24.6 Å². The van der Waals surface area contributed by atoms with E-state index in [9.17, 15) is 4.39 Å². The predicted octanol–water partition coefficient (Wildman–Crippen LogP) is 4.06. The normalized spacial score (nSPS) is 10.5. The van der Waals surface area contributed by atoms with E-state index in [4.69, 9.17) is 4.74 Å². The smallest absolute Gasteiger partial charge is 0.131 e. The van der Waals surface area contributed by atoms with Crippen LogP contribution in [0.4, 0.5) is 4.39 Å². The highest BCUT2D eigenvalue weighted by atomic mass is 79.9. The molecule has 0 unspecified atom stereocenters. The average molecular weight is 316 g/mol. The Morgan fingerprint density at radius 2 is 2.24 bits per heavy atom. The van der Waals surface area contributed by atoms with Crippen molar-refractivity contribution in [2.75, 3.05) is 0 Å². The Balaban J connectivity index is 2.05. The van der Waals surface area contributed by atoms with Gasteiger partial charge in [-0.1, -0.05) is 15.9 Å². The molecule has 2 aromatic rings. The minimum atomic E-state index is -0.286. The highest BCUT2D eigenvalue weighted by molar-refractivity contribution is 9.08. The third-order valence-corrected chi connectivity index (χ3v) is 3.61. The second-order valence-electron chi connectivity index (χ2n) is 3.58. The van der Waals surface area contributed by atoms with Crippen molar-refractivity contribution >= 4 is 27.3 Å². The molecule has 0 atom stereocenters. The maximum atomic E-state index is 13.2. The first-order valence-corrected chi connectivity index (χ1v) is 7.07. The van der Waals surface area contributed by atoms with Crippen molar-refractivity contribution in [2.24, 2.45) is 0 Å². The zero-order valence-corrected chi connectivity index (χ0v) is 11.6. The van der Waals surface area contributed by atoms with Crippen molar-refractivity contribution in [1.29, 1.82) is 0 Å². The molecular weight excluding hydrogens is 305 g/mol. The van der Waals surface area contributed by atoms with Gasteiger partial charge < -0.3 is 4.74 Å². The summed E-state index contributed by atoms with van der Waals surface area (Å²) in [6.07, 6.45) is 0. The summed E-state index contributed by atoms with van der Waals surface area (Å²) < 4.78 is 18.7. The zero-order chi connectivity index (χ0) is 12.3. The molecule has 2 nitrogen and oxygen atoms in total. The van der Waals surface area contributed by atoms with Crippen LogP contribution in [-0.2, 0) is 11.9 Å². The first-order chi connectivity index (χ1) is 8.17. The number of hydrogen-bond donors (Lipinski definition) is 0. The lowest BCUT2D eigenvalue weighted by Gasteiger charge is -2.06. The lowest BCUT2D eigenvalue weighted by molar-refractivity contribution is 0.300. The van der Waals surface area contributed by atoms with E-state index in [-0.39, 0.29) is 5.82 Å². The van der Waals surface area contributed by atoms with Crippen molar-refractivity contribution in [3.8, 4) is 5.75 Å². The van der Waals surface area contributed by atoms with Crippen LogP contribution >= 0.6 is 27.3 Å². The van der Waals surface area contributed by atoms with E-state index in [1.807, 2.05) is 18.4 Å². The van der Waals surface area contributed by atoms with Crippen LogP contribution in [0.15, 0.2) is 23.6 Å². The highest BCUT2D eigenvalue weighted by Gasteiger charge is 2.03. The van der Waals surface area contributed by atoms with Crippen molar-refractivity contribution in [2.45, 2.75) is 18.9 Å². The largest absolute Gasteiger partial charge is 0.487 e. The molecule has 0 saturated heterocycles. The third kappa shape index (κ3) is 3.51. The highest BCUT2D eigenvalue weighted by Crippen LogP contribution is 2.19. The lowest BCUT2D eigenvalue weighted by Crippen LogP contribution is -1.97. The standard InChI is InChI=1S/C12H11BrFNOS/c1-8-15-11(7-17-8)6-16-12-3-9(5-13)2-10(14)4-12/h2-4,7H,5-6H2,1H3. The minimum Gasteiger partial charge on any atom is -0.487 e. The molecule has 0 aliphatic heterocycles. The molecule has 1 aromatic carbocycles. The lowest BCUT2D eigenvalue weighted by atomic mass is 10.2. The average Bonchev–Trinajstić information content (AvgIpc) is 2.72. The molecule has 0 aliphatic carbocycles. The maximum absolute atomic E-state index is 13.2. The van der Waals surface area contributed by atoms with Gasteiger partial charge in [-0.15, -0.1) is 11.3 Å². The van der Waals surface area contributed by atoms with Crippen molar-refractivity contribution in [3.05, 3.63) is 45.7 Å². The minimum absolute atomic E-state index is 0.286. The van der Waals surface area contributed by atoms with Gasteiger partial charge >= 0.3 is 0 Å². The Bertz CT molecular complexity index is 515. The van der Waals surface area contributed by atoms with E-state index >= 15 is 0 Å². The van der Waals surface area contributed by atoms with Gasteiger partial charge in [0.25, 0.3) is 0 Å². The van der Waals surface area contributed by atoms with Gasteiger partial charge in [-0.3, -0.25) is 0 Å². The van der Waals surface area contributed by atoms with Gasteiger partial charge in [-0.2, -0.15) is 0 Å². The first kappa shape index (κ1) is 12.5. The Kier molecular flexibility index (Phi) is 4.12. The van der Waals surface area contributed by atoms with Gasteiger partial charge in [0, 0.05) is 16.8 Å². The fourth-order valence-electron chi connectivity index (χ4n) is 1.41. The molecule has 0 radical (unpaired) electrons. The number of aryl methyl sites for hydroxylation is 1. The molecule has 1 heterocycles. The zero-order valence-electron chi connectivity index (χ0n) is 9.24. The Hall–Kier alpha value is -0.940. The first-order valence-electron chi connectivity index (χ1n) is 5.06. The maximum Gasteiger partial charge on any atom is 0.131 e. The van der Waals surface area contributed by atoms with Gasteiger partial charge in [0.2, 0.25) is 0 Å². The molecule has 0 fully saturated rings. The molecular formula is C12H11BrFNOS. The van der Waals surface area contributed by atoms with E-state index in [1.54, 1.807) is 11.3 Å². The van der Waals surface area contributed by atoms with Gasteiger partial charge in [0.1, 0.15) is 18.2 Å². The molecule has 0 N–H and O–H groups in total. The summed E-state index contributed by atoms with van der Waals surface area (Å²) in [5.41, 5.74) is 1.73. The number of halogens is 2. The summed E-state index contributed by atoms with van der Waals surface area (Å²) in [7, 11) is 0. The molecule has 0 aliphatic rings. The summed E-state index contributed by atoms with van der Waals surface area (Å²) in [5.74, 6) is 0.247. The molecule has 0 saturated carbocycles. The van der Waals surface area contributed by atoms with Crippen LogP contribution in [0.2, 0.25) is 0 Å². The summed E-state index contributed by atoms with van der Waals surface area (Å²) >= 11 is 4.87. The molecule has 5 heteroatoms. The number of benzene rings is 1. The fraction of sp³-hybridized carbons (Fsp3) is 0.250. The van der Waals surface area contributed by atoms with E-state index in [0.29, 0.717) is 17.7 Å². The van der Waals surface area contributed by atoms with Crippen LogP contribution < -0.4 is 4.74 Å². The van der Waals surface area contributed by atoms with Crippen LogP contribution in [0.5, 0.6) is 5.75 Å². The van der Waals surface area contributed by atoms with Crippen LogP contribution in [0.1, 0.15) is 16.3 Å². The van der Waals surface area contributed by atoms with E-state index in [0.717, 1.165) is 16.3 Å². The molecule has 1 aromatic heterocycles. The number of hydrogen-bond acceptors (Lipinski definition) is 3. The van der Waals surface area contributed by atoms with E-state index in [2.05, 4.69) is 20.9 Å². The van der Waals surface area contributed by atoms with Crippen LogP contribution in [0.25, 0.3) is 0 Å². The fourth-order valence-corrected chi connectivity index (χ4v) is 2.33. The SMILES string of the molecule is Cc1nc(COc2cc(F)cc(CBr)c2)cs1. The van der Waals surface area contributed by atoms with Crippen LogP contribution in [0.3, 0.4) is 0 Å². The molecule has 0 spiro atoms. The number of ether oxygens (including phenoxy) is 1. The van der Waals surface area contributed by atoms with E-state index in [1.165, 1.54) is 12.1 Å². The second-order valence-corrected chi connectivity index (χ2v) is 5.20. The summed E-state index contributed by atoms with van der Waals surface area (Å²) in [5, 5.41) is 3.56. The van der Waals surface area contributed by atoms with Crippen molar-refractivity contribution in [1.82, 2.24) is 4.98 Å². The number of nitrogens with zero attached hydrogens (tertiary/aromatic N) is 1. The Labute approximate surface area is 112 Å². The molecule has 90 valence electrons. The van der Waals surface area contributed by atoms with Gasteiger partial charge in [0.05, 0.1) is 10.7 Å². The number of thiazole rings is 1. The molecule has 17 heavy (non-hydrogen) atoms. The quantitative estimate of drug-likeness (QED) is 0.794. The molecule has 0 bridgehead atoms. The third-order valence-electron chi connectivity index (χ3n) is 2.14. The van der Waals surface area contributed by atoms with Crippen molar-refractivity contribution in [3.63, 3.8) is 0 Å². The summed E-state index contributed by atoms with van der Waals surface area (Å²) in [6, 6.07) is 4.68.